The molecule has 3 nitrogen and oxygen atoms in total. The van der Waals surface area contributed by atoms with Gasteiger partial charge in [0.25, 0.3) is 0 Å². The van der Waals surface area contributed by atoms with Gasteiger partial charge in [0, 0.05) is 7.05 Å². The summed E-state index contributed by atoms with van der Waals surface area (Å²) in [6, 6.07) is 3.92. The lowest BCUT2D eigenvalue weighted by atomic mass is 10.4. The Morgan fingerprint density at radius 1 is 1.33 bits per heavy atom. The summed E-state index contributed by atoms with van der Waals surface area (Å²) in [5.74, 6) is 0.895. The van der Waals surface area contributed by atoms with Crippen LogP contribution in [-0.2, 0) is 0 Å². The summed E-state index contributed by atoms with van der Waals surface area (Å²) in [6.07, 6.45) is 0. The lowest BCUT2D eigenvalue weighted by Crippen LogP contribution is -1.90. The maximum Gasteiger partial charge on any atom is 0.145 e. The van der Waals surface area contributed by atoms with Gasteiger partial charge in [-0.3, -0.25) is 0 Å². The molecule has 2 heterocycles. The van der Waals surface area contributed by atoms with E-state index in [4.69, 9.17) is 0 Å². The molecule has 0 bridgehead atoms. The van der Waals surface area contributed by atoms with Crippen LogP contribution in [0.1, 0.15) is 5.01 Å². The molecule has 0 aliphatic heterocycles. The van der Waals surface area contributed by atoms with Crippen molar-refractivity contribution in [3.05, 3.63) is 17.1 Å². The van der Waals surface area contributed by atoms with Crippen molar-refractivity contribution in [3.63, 3.8) is 0 Å². The van der Waals surface area contributed by atoms with Gasteiger partial charge in [0.1, 0.15) is 16.2 Å². The third-order valence-corrected chi connectivity index (χ3v) is 2.50. The molecule has 62 valence electrons. The van der Waals surface area contributed by atoms with Crippen LogP contribution in [0.2, 0.25) is 0 Å². The van der Waals surface area contributed by atoms with E-state index in [0.717, 1.165) is 21.2 Å². The number of aromatic nitrogens is 2. The SMILES string of the molecule is CNc1ccc2nc(C)sc2n1. The monoisotopic (exact) mass is 179 g/mol. The Morgan fingerprint density at radius 3 is 2.92 bits per heavy atom. The fourth-order valence-corrected chi connectivity index (χ4v) is 1.85. The van der Waals surface area contributed by atoms with Crippen LogP contribution in [0, 0.1) is 6.92 Å². The maximum absolute atomic E-state index is 4.36. The van der Waals surface area contributed by atoms with Gasteiger partial charge < -0.3 is 5.32 Å². The molecule has 0 aliphatic carbocycles. The molecule has 0 radical (unpaired) electrons. The predicted molar refractivity (Wildman–Crippen MR) is 51.7 cm³/mol. The quantitative estimate of drug-likeness (QED) is 0.728. The van der Waals surface area contributed by atoms with Crippen LogP contribution in [0.4, 0.5) is 5.82 Å². The number of aryl methyl sites for hydroxylation is 1. The molecule has 2 aromatic heterocycles. The van der Waals surface area contributed by atoms with Crippen molar-refractivity contribution in [2.75, 3.05) is 12.4 Å². The summed E-state index contributed by atoms with van der Waals surface area (Å²) < 4.78 is 0. The first-order valence-electron chi connectivity index (χ1n) is 3.71. The van der Waals surface area contributed by atoms with Crippen molar-refractivity contribution in [2.24, 2.45) is 0 Å². The first-order valence-corrected chi connectivity index (χ1v) is 4.53. The van der Waals surface area contributed by atoms with E-state index in [0.29, 0.717) is 0 Å². The maximum atomic E-state index is 4.36. The Bertz CT molecular complexity index is 408. The van der Waals surface area contributed by atoms with Crippen molar-refractivity contribution >= 4 is 27.5 Å². The van der Waals surface area contributed by atoms with E-state index in [1.165, 1.54) is 0 Å². The molecule has 0 fully saturated rings. The zero-order chi connectivity index (χ0) is 8.55. The third-order valence-electron chi connectivity index (χ3n) is 1.62. The highest BCUT2D eigenvalue weighted by atomic mass is 32.1. The summed E-state index contributed by atoms with van der Waals surface area (Å²) in [7, 11) is 1.86. The summed E-state index contributed by atoms with van der Waals surface area (Å²) >= 11 is 1.62. The van der Waals surface area contributed by atoms with E-state index >= 15 is 0 Å². The number of hydrogen-bond acceptors (Lipinski definition) is 4. The minimum atomic E-state index is 0.895. The van der Waals surface area contributed by atoms with Crippen molar-refractivity contribution in [1.82, 2.24) is 9.97 Å². The normalized spacial score (nSPS) is 10.5. The van der Waals surface area contributed by atoms with E-state index in [2.05, 4.69) is 15.3 Å². The molecule has 2 rings (SSSR count). The second-order valence-corrected chi connectivity index (χ2v) is 3.69. The highest BCUT2D eigenvalue weighted by Crippen LogP contribution is 2.20. The highest BCUT2D eigenvalue weighted by Gasteiger charge is 2.01. The van der Waals surface area contributed by atoms with Crippen LogP contribution >= 0.6 is 11.3 Å². The van der Waals surface area contributed by atoms with E-state index in [1.807, 2.05) is 26.1 Å². The zero-order valence-corrected chi connectivity index (χ0v) is 7.77. The molecule has 12 heavy (non-hydrogen) atoms. The number of rotatable bonds is 1. The Balaban J connectivity index is 2.66. The molecule has 0 saturated heterocycles. The van der Waals surface area contributed by atoms with Crippen LogP contribution in [0.15, 0.2) is 12.1 Å². The number of nitrogens with one attached hydrogen (secondary N) is 1. The Labute approximate surface area is 74.5 Å². The number of nitrogens with zero attached hydrogens (tertiary/aromatic N) is 2. The standard InChI is InChI=1S/C8H9N3S/c1-5-10-6-3-4-7(9-2)11-8(6)12-5/h3-4H,1-2H3,(H,9,11). The molecule has 0 aliphatic rings. The fraction of sp³-hybridized carbons (Fsp3) is 0.250. The van der Waals surface area contributed by atoms with Gasteiger partial charge in [-0.1, -0.05) is 11.3 Å². The second kappa shape index (κ2) is 2.71. The Morgan fingerprint density at radius 2 is 2.17 bits per heavy atom. The van der Waals surface area contributed by atoms with Crippen LogP contribution in [0.5, 0.6) is 0 Å². The molecule has 0 atom stereocenters. The minimum Gasteiger partial charge on any atom is -0.373 e. The first-order chi connectivity index (χ1) is 5.79. The highest BCUT2D eigenvalue weighted by molar-refractivity contribution is 7.18. The average Bonchev–Trinajstić information content (AvgIpc) is 2.43. The lowest BCUT2D eigenvalue weighted by Gasteiger charge is -1.95. The van der Waals surface area contributed by atoms with Gasteiger partial charge in [0.2, 0.25) is 0 Å². The van der Waals surface area contributed by atoms with E-state index in [-0.39, 0.29) is 0 Å². The molecule has 0 unspecified atom stereocenters. The molecule has 4 heteroatoms. The van der Waals surface area contributed by atoms with Gasteiger partial charge in [-0.2, -0.15) is 0 Å². The predicted octanol–water partition coefficient (Wildman–Crippen LogP) is 2.04. The summed E-state index contributed by atoms with van der Waals surface area (Å²) in [6.45, 7) is 1.99. The molecular formula is C8H9N3S. The molecule has 0 spiro atoms. The van der Waals surface area contributed by atoms with Crippen molar-refractivity contribution in [3.8, 4) is 0 Å². The lowest BCUT2D eigenvalue weighted by molar-refractivity contribution is 1.32. The first kappa shape index (κ1) is 7.49. The molecule has 1 N–H and O–H groups in total. The zero-order valence-electron chi connectivity index (χ0n) is 6.96. The van der Waals surface area contributed by atoms with Gasteiger partial charge in [0.05, 0.1) is 5.01 Å². The number of fused-ring (bicyclic) bond motifs is 1. The van der Waals surface area contributed by atoms with Crippen LogP contribution in [0.25, 0.3) is 10.3 Å². The van der Waals surface area contributed by atoms with Gasteiger partial charge >= 0.3 is 0 Å². The molecular weight excluding hydrogens is 170 g/mol. The van der Waals surface area contributed by atoms with Crippen LogP contribution in [0.3, 0.4) is 0 Å². The smallest absolute Gasteiger partial charge is 0.145 e. The topological polar surface area (TPSA) is 37.8 Å². The van der Waals surface area contributed by atoms with Gasteiger partial charge in [0.15, 0.2) is 0 Å². The van der Waals surface area contributed by atoms with Gasteiger partial charge in [-0.15, -0.1) is 0 Å². The van der Waals surface area contributed by atoms with Crippen LogP contribution < -0.4 is 5.32 Å². The van der Waals surface area contributed by atoms with E-state index < -0.39 is 0 Å². The van der Waals surface area contributed by atoms with Gasteiger partial charge in [-0.25, -0.2) is 9.97 Å². The third kappa shape index (κ3) is 1.14. The van der Waals surface area contributed by atoms with Gasteiger partial charge in [-0.05, 0) is 19.1 Å². The molecule has 0 saturated carbocycles. The summed E-state index contributed by atoms with van der Waals surface area (Å²) in [5.41, 5.74) is 0.983. The minimum absolute atomic E-state index is 0.895. The van der Waals surface area contributed by atoms with E-state index in [1.54, 1.807) is 11.3 Å². The summed E-state index contributed by atoms with van der Waals surface area (Å²) in [4.78, 5) is 9.68. The number of pyridine rings is 1. The Hall–Kier alpha value is -1.16. The fourth-order valence-electron chi connectivity index (χ4n) is 1.06. The average molecular weight is 179 g/mol. The Kier molecular flexibility index (Phi) is 1.69. The number of thiazole rings is 1. The number of anilines is 1. The molecule has 2 aromatic rings. The number of hydrogen-bond donors (Lipinski definition) is 1. The van der Waals surface area contributed by atoms with Crippen molar-refractivity contribution < 1.29 is 0 Å². The summed E-state index contributed by atoms with van der Waals surface area (Å²) in [5, 5.41) is 4.06. The molecule has 0 aromatic carbocycles. The van der Waals surface area contributed by atoms with Crippen molar-refractivity contribution in [1.29, 1.82) is 0 Å². The van der Waals surface area contributed by atoms with Crippen molar-refractivity contribution in [2.45, 2.75) is 6.92 Å². The van der Waals surface area contributed by atoms with Crippen LogP contribution in [-0.4, -0.2) is 17.0 Å². The largest absolute Gasteiger partial charge is 0.373 e. The second-order valence-electron chi connectivity index (χ2n) is 2.50. The van der Waals surface area contributed by atoms with E-state index in [9.17, 15) is 0 Å². The molecule has 0 amide bonds.